The van der Waals surface area contributed by atoms with Crippen LogP contribution in [0.4, 0.5) is 18.9 Å². The Kier molecular flexibility index (Phi) is 4.58. The smallest absolute Gasteiger partial charge is 0.367 e. The second-order valence-corrected chi connectivity index (χ2v) is 5.83. The Labute approximate surface area is 126 Å². The lowest BCUT2D eigenvalue weighted by molar-refractivity contribution is -0.137. The Hall–Kier alpha value is -1.53. The van der Waals surface area contributed by atoms with Gasteiger partial charge in [-0.2, -0.15) is 13.2 Å². The minimum Gasteiger partial charge on any atom is -0.367 e. The molecule has 114 valence electrons. The summed E-state index contributed by atoms with van der Waals surface area (Å²) in [5.74, 6) is 0. The predicted molar refractivity (Wildman–Crippen MR) is 80.5 cm³/mol. The topological polar surface area (TPSA) is 29.3 Å². The van der Waals surface area contributed by atoms with Crippen molar-refractivity contribution >= 4 is 17.0 Å². The minimum atomic E-state index is -4.40. The lowest BCUT2D eigenvalue weighted by Gasteiger charge is -2.29. The standard InChI is InChI=1S/C15H17F3N2S/c1-10(14-4-3-7-21-14)20(2)13-6-5-11(9-19)8-12(13)15(16,17)18/h3-8,10H,9,19H2,1-2H3. The normalized spacial score (nSPS) is 13.2. The minimum absolute atomic E-state index is 0.0908. The van der Waals surface area contributed by atoms with Gasteiger partial charge in [-0.1, -0.05) is 12.1 Å². The molecule has 21 heavy (non-hydrogen) atoms. The van der Waals surface area contributed by atoms with Gasteiger partial charge in [-0.3, -0.25) is 0 Å². The van der Waals surface area contributed by atoms with Crippen LogP contribution in [-0.2, 0) is 12.7 Å². The third-order valence-corrected chi connectivity index (χ3v) is 4.56. The van der Waals surface area contributed by atoms with Crippen LogP contribution < -0.4 is 10.6 Å². The van der Waals surface area contributed by atoms with Crippen LogP contribution in [0.2, 0.25) is 0 Å². The number of nitrogens with zero attached hydrogens (tertiary/aromatic N) is 1. The van der Waals surface area contributed by atoms with E-state index in [-0.39, 0.29) is 18.3 Å². The van der Waals surface area contributed by atoms with E-state index in [9.17, 15) is 13.2 Å². The fraction of sp³-hybridized carbons (Fsp3) is 0.333. The average molecular weight is 314 g/mol. The molecule has 0 aliphatic rings. The molecule has 2 N–H and O–H groups in total. The molecule has 1 unspecified atom stereocenters. The number of nitrogens with two attached hydrogens (primary N) is 1. The fourth-order valence-corrected chi connectivity index (χ4v) is 3.00. The van der Waals surface area contributed by atoms with Gasteiger partial charge < -0.3 is 10.6 Å². The predicted octanol–water partition coefficient (Wildman–Crippen LogP) is 4.42. The van der Waals surface area contributed by atoms with E-state index < -0.39 is 11.7 Å². The Balaban J connectivity index is 2.43. The van der Waals surface area contributed by atoms with Crippen molar-refractivity contribution in [3.63, 3.8) is 0 Å². The molecule has 0 bridgehead atoms. The zero-order chi connectivity index (χ0) is 15.6. The van der Waals surface area contributed by atoms with Crippen LogP contribution in [0, 0.1) is 0 Å². The van der Waals surface area contributed by atoms with Gasteiger partial charge in [0.05, 0.1) is 11.6 Å². The van der Waals surface area contributed by atoms with Crippen LogP contribution in [0.1, 0.15) is 29.0 Å². The van der Waals surface area contributed by atoms with E-state index in [0.29, 0.717) is 5.56 Å². The molecule has 1 aromatic carbocycles. The zero-order valence-electron chi connectivity index (χ0n) is 11.8. The molecule has 0 saturated carbocycles. The van der Waals surface area contributed by atoms with Crippen LogP contribution in [0.3, 0.4) is 0 Å². The molecule has 0 spiro atoms. The second kappa shape index (κ2) is 6.07. The van der Waals surface area contributed by atoms with E-state index in [4.69, 9.17) is 5.73 Å². The van der Waals surface area contributed by atoms with Crippen molar-refractivity contribution in [2.24, 2.45) is 5.73 Å². The highest BCUT2D eigenvalue weighted by atomic mass is 32.1. The SMILES string of the molecule is CC(c1cccs1)N(C)c1ccc(CN)cc1C(F)(F)F. The Morgan fingerprint density at radius 1 is 1.29 bits per heavy atom. The third kappa shape index (κ3) is 3.39. The van der Waals surface area contributed by atoms with Crippen LogP contribution in [0.15, 0.2) is 35.7 Å². The number of halogens is 3. The summed E-state index contributed by atoms with van der Waals surface area (Å²) in [5.41, 5.74) is 5.45. The third-order valence-electron chi connectivity index (χ3n) is 3.52. The van der Waals surface area contributed by atoms with Gasteiger partial charge in [0.2, 0.25) is 0 Å². The largest absolute Gasteiger partial charge is 0.418 e. The molecule has 0 fully saturated rings. The van der Waals surface area contributed by atoms with Gasteiger partial charge in [-0.15, -0.1) is 11.3 Å². The van der Waals surface area contributed by atoms with Gasteiger partial charge in [-0.05, 0) is 36.1 Å². The van der Waals surface area contributed by atoms with Crippen LogP contribution >= 0.6 is 11.3 Å². The molecule has 0 aliphatic carbocycles. The van der Waals surface area contributed by atoms with Gasteiger partial charge in [0.25, 0.3) is 0 Å². The van der Waals surface area contributed by atoms with Crippen molar-refractivity contribution < 1.29 is 13.2 Å². The van der Waals surface area contributed by atoms with E-state index in [1.54, 1.807) is 18.0 Å². The van der Waals surface area contributed by atoms with Crippen molar-refractivity contribution in [3.8, 4) is 0 Å². The molecule has 0 aliphatic heterocycles. The maximum absolute atomic E-state index is 13.3. The number of hydrogen-bond donors (Lipinski definition) is 1. The number of anilines is 1. The van der Waals surface area contributed by atoms with E-state index in [1.807, 2.05) is 24.4 Å². The molecular formula is C15H17F3N2S. The molecule has 1 aromatic heterocycles. The van der Waals surface area contributed by atoms with Crippen LogP contribution in [-0.4, -0.2) is 7.05 Å². The number of thiophene rings is 1. The first kappa shape index (κ1) is 15.9. The highest BCUT2D eigenvalue weighted by Crippen LogP contribution is 2.39. The number of hydrogen-bond acceptors (Lipinski definition) is 3. The zero-order valence-corrected chi connectivity index (χ0v) is 12.6. The maximum atomic E-state index is 13.3. The Morgan fingerprint density at radius 3 is 2.52 bits per heavy atom. The van der Waals surface area contributed by atoms with E-state index in [2.05, 4.69) is 0 Å². The van der Waals surface area contributed by atoms with Crippen molar-refractivity contribution in [2.75, 3.05) is 11.9 Å². The van der Waals surface area contributed by atoms with Gasteiger partial charge in [0, 0.05) is 24.2 Å². The molecule has 0 amide bonds. The number of alkyl halides is 3. The monoisotopic (exact) mass is 314 g/mol. The molecular weight excluding hydrogens is 297 g/mol. The number of rotatable bonds is 4. The van der Waals surface area contributed by atoms with E-state index in [0.717, 1.165) is 10.9 Å². The molecule has 6 heteroatoms. The second-order valence-electron chi connectivity index (χ2n) is 4.86. The summed E-state index contributed by atoms with van der Waals surface area (Å²) < 4.78 is 39.8. The molecule has 2 nitrogen and oxygen atoms in total. The first-order chi connectivity index (χ1) is 9.84. The van der Waals surface area contributed by atoms with Crippen LogP contribution in [0.5, 0.6) is 0 Å². The quantitative estimate of drug-likeness (QED) is 0.905. The van der Waals surface area contributed by atoms with Crippen molar-refractivity contribution in [1.82, 2.24) is 0 Å². The van der Waals surface area contributed by atoms with Gasteiger partial charge in [0.15, 0.2) is 0 Å². The van der Waals surface area contributed by atoms with Crippen molar-refractivity contribution in [2.45, 2.75) is 25.7 Å². The maximum Gasteiger partial charge on any atom is 0.418 e. The molecule has 0 saturated heterocycles. The summed E-state index contributed by atoms with van der Waals surface area (Å²) in [6.07, 6.45) is -4.40. The number of benzene rings is 1. The fourth-order valence-electron chi connectivity index (χ4n) is 2.17. The lowest BCUT2D eigenvalue weighted by atomic mass is 10.1. The molecule has 1 atom stereocenters. The lowest BCUT2D eigenvalue weighted by Crippen LogP contribution is -2.24. The first-order valence-electron chi connectivity index (χ1n) is 6.51. The summed E-state index contributed by atoms with van der Waals surface area (Å²) >= 11 is 1.53. The summed E-state index contributed by atoms with van der Waals surface area (Å²) in [7, 11) is 1.68. The van der Waals surface area contributed by atoms with Gasteiger partial charge in [-0.25, -0.2) is 0 Å². The van der Waals surface area contributed by atoms with Crippen molar-refractivity contribution in [1.29, 1.82) is 0 Å². The van der Waals surface area contributed by atoms with E-state index in [1.165, 1.54) is 17.4 Å². The summed E-state index contributed by atoms with van der Waals surface area (Å²) in [6, 6.07) is 7.96. The van der Waals surface area contributed by atoms with Crippen molar-refractivity contribution in [3.05, 3.63) is 51.7 Å². The Bertz CT molecular complexity index is 593. The highest BCUT2D eigenvalue weighted by molar-refractivity contribution is 7.10. The van der Waals surface area contributed by atoms with Gasteiger partial charge >= 0.3 is 6.18 Å². The first-order valence-corrected chi connectivity index (χ1v) is 7.39. The Morgan fingerprint density at radius 2 is 2.00 bits per heavy atom. The van der Waals surface area contributed by atoms with Gasteiger partial charge in [0.1, 0.15) is 0 Å². The molecule has 2 aromatic rings. The molecule has 1 heterocycles. The van der Waals surface area contributed by atoms with Crippen LogP contribution in [0.25, 0.3) is 0 Å². The summed E-state index contributed by atoms with van der Waals surface area (Å²) in [5, 5.41) is 1.92. The molecule has 0 radical (unpaired) electrons. The van der Waals surface area contributed by atoms with E-state index >= 15 is 0 Å². The molecule has 2 rings (SSSR count). The summed E-state index contributed by atoms with van der Waals surface area (Å²) in [4.78, 5) is 2.67. The average Bonchev–Trinajstić information content (AvgIpc) is 2.98. The summed E-state index contributed by atoms with van der Waals surface area (Å²) in [6.45, 7) is 1.98. The highest BCUT2D eigenvalue weighted by Gasteiger charge is 2.35.